The van der Waals surface area contributed by atoms with Gasteiger partial charge < -0.3 is 10.1 Å². The van der Waals surface area contributed by atoms with Crippen LogP contribution in [0.25, 0.3) is 28.2 Å². The zero-order valence-corrected chi connectivity index (χ0v) is 20.2. The fourth-order valence-corrected chi connectivity index (χ4v) is 4.75. The van der Waals surface area contributed by atoms with Gasteiger partial charge in [-0.3, -0.25) is 15.2 Å². The number of carbonyl (C=O) groups is 2. The standard InChI is InChI=1S/C30H23N5O3/c36-28(32-26-10-5-11-27-29(26)34-35-33-27)17-14-19-12-15-20(16-13-19)31-30(37)38-18-25-23-8-3-1-6-21(23)22-7-2-4-9-24(22)25/h1-17,25H,18H2,(H,31,37)(H,32,36)(H,33,34,35). The number of hydrogen-bond acceptors (Lipinski definition) is 5. The molecule has 38 heavy (non-hydrogen) atoms. The SMILES string of the molecule is O=C(C=Cc1ccc(NC(=O)OCC2c3ccccc3-c3ccccc32)cc1)Nc1cccc2[nH]nnc12. The van der Waals surface area contributed by atoms with Crippen molar-refractivity contribution in [3.63, 3.8) is 0 Å². The van der Waals surface area contributed by atoms with E-state index in [0.29, 0.717) is 16.9 Å². The fourth-order valence-electron chi connectivity index (χ4n) is 4.75. The number of carbonyl (C=O) groups excluding carboxylic acids is 2. The first-order chi connectivity index (χ1) is 18.7. The van der Waals surface area contributed by atoms with Gasteiger partial charge in [0.25, 0.3) is 0 Å². The molecule has 0 atom stereocenters. The third-order valence-electron chi connectivity index (χ3n) is 6.54. The number of anilines is 2. The number of hydrogen-bond donors (Lipinski definition) is 3. The molecule has 0 unspecified atom stereocenters. The van der Waals surface area contributed by atoms with Gasteiger partial charge in [0, 0.05) is 17.7 Å². The summed E-state index contributed by atoms with van der Waals surface area (Å²) in [5.74, 6) is -0.288. The molecule has 0 fully saturated rings. The van der Waals surface area contributed by atoms with Gasteiger partial charge in [0.1, 0.15) is 12.1 Å². The van der Waals surface area contributed by atoms with Crippen LogP contribution in [0, 0.1) is 0 Å². The van der Waals surface area contributed by atoms with E-state index < -0.39 is 6.09 Å². The summed E-state index contributed by atoms with van der Waals surface area (Å²) in [7, 11) is 0. The third-order valence-corrected chi connectivity index (χ3v) is 6.54. The molecule has 0 spiro atoms. The molecule has 1 heterocycles. The van der Waals surface area contributed by atoms with Crippen molar-refractivity contribution < 1.29 is 14.3 Å². The number of nitrogens with zero attached hydrogens (tertiary/aromatic N) is 2. The van der Waals surface area contributed by atoms with E-state index in [9.17, 15) is 9.59 Å². The summed E-state index contributed by atoms with van der Waals surface area (Å²) >= 11 is 0. The van der Waals surface area contributed by atoms with Crippen LogP contribution in [-0.2, 0) is 9.53 Å². The second kappa shape index (κ2) is 10.0. The molecule has 1 aliphatic rings. The molecular weight excluding hydrogens is 478 g/mol. The van der Waals surface area contributed by atoms with Crippen molar-refractivity contribution in [3.05, 3.63) is 114 Å². The maximum Gasteiger partial charge on any atom is 0.411 e. The number of rotatable bonds is 6. The van der Waals surface area contributed by atoms with Crippen molar-refractivity contribution in [2.45, 2.75) is 5.92 Å². The Kier molecular flexibility index (Phi) is 6.11. The van der Waals surface area contributed by atoms with Crippen LogP contribution in [0.4, 0.5) is 16.2 Å². The highest BCUT2D eigenvalue weighted by Gasteiger charge is 2.29. The first-order valence-electron chi connectivity index (χ1n) is 12.2. The number of nitrogens with one attached hydrogen (secondary N) is 3. The molecule has 3 N–H and O–H groups in total. The van der Waals surface area contributed by atoms with Gasteiger partial charge in [-0.2, -0.15) is 0 Å². The Hall–Kier alpha value is -5.24. The summed E-state index contributed by atoms with van der Waals surface area (Å²) in [6.45, 7) is 0.248. The second-order valence-corrected chi connectivity index (χ2v) is 8.91. The molecule has 4 aromatic carbocycles. The van der Waals surface area contributed by atoms with Gasteiger partial charge in [0.2, 0.25) is 5.91 Å². The highest BCUT2D eigenvalue weighted by Crippen LogP contribution is 2.44. The van der Waals surface area contributed by atoms with Gasteiger partial charge in [-0.25, -0.2) is 4.79 Å². The van der Waals surface area contributed by atoms with Crippen molar-refractivity contribution in [3.8, 4) is 11.1 Å². The van der Waals surface area contributed by atoms with E-state index in [1.54, 1.807) is 36.4 Å². The van der Waals surface area contributed by atoms with E-state index in [2.05, 4.69) is 50.3 Å². The predicted molar refractivity (Wildman–Crippen MR) is 147 cm³/mol. The lowest BCUT2D eigenvalue weighted by molar-refractivity contribution is -0.111. The van der Waals surface area contributed by atoms with Gasteiger partial charge in [0.05, 0.1) is 11.2 Å². The molecule has 0 aliphatic heterocycles. The van der Waals surface area contributed by atoms with E-state index >= 15 is 0 Å². The molecule has 0 radical (unpaired) electrons. The zero-order valence-electron chi connectivity index (χ0n) is 20.2. The number of amides is 2. The highest BCUT2D eigenvalue weighted by molar-refractivity contribution is 6.06. The quantitative estimate of drug-likeness (QED) is 0.248. The van der Waals surface area contributed by atoms with Crippen LogP contribution in [0.5, 0.6) is 0 Å². The lowest BCUT2D eigenvalue weighted by Gasteiger charge is -2.14. The average Bonchev–Trinajstić information content (AvgIpc) is 3.55. The van der Waals surface area contributed by atoms with Crippen LogP contribution in [0.3, 0.4) is 0 Å². The molecular formula is C30H23N5O3. The van der Waals surface area contributed by atoms with Crippen molar-refractivity contribution in [1.29, 1.82) is 0 Å². The van der Waals surface area contributed by atoms with Gasteiger partial charge in [-0.05, 0) is 58.2 Å². The Labute approximate surface area is 218 Å². The van der Waals surface area contributed by atoms with E-state index in [-0.39, 0.29) is 18.4 Å². The van der Waals surface area contributed by atoms with Crippen LogP contribution in [0.2, 0.25) is 0 Å². The minimum Gasteiger partial charge on any atom is -0.448 e. The first kappa shape index (κ1) is 23.2. The van der Waals surface area contributed by atoms with Crippen molar-refractivity contribution in [2.75, 3.05) is 17.2 Å². The fraction of sp³-hybridized carbons (Fsp3) is 0.0667. The largest absolute Gasteiger partial charge is 0.448 e. The molecule has 6 rings (SSSR count). The van der Waals surface area contributed by atoms with Crippen molar-refractivity contribution >= 4 is 40.5 Å². The van der Waals surface area contributed by atoms with E-state index in [1.807, 2.05) is 36.4 Å². The van der Waals surface area contributed by atoms with Crippen LogP contribution < -0.4 is 10.6 Å². The molecule has 1 aliphatic carbocycles. The Balaban J connectivity index is 1.04. The molecule has 8 heteroatoms. The lowest BCUT2D eigenvalue weighted by atomic mass is 9.98. The summed E-state index contributed by atoms with van der Waals surface area (Å²) in [6, 6.07) is 29.0. The summed E-state index contributed by atoms with van der Waals surface area (Å²) < 4.78 is 5.61. The topological polar surface area (TPSA) is 109 Å². The maximum absolute atomic E-state index is 12.5. The van der Waals surface area contributed by atoms with Gasteiger partial charge >= 0.3 is 6.09 Å². The minimum absolute atomic E-state index is 0.00285. The molecule has 2 amide bonds. The number of fused-ring (bicyclic) bond motifs is 4. The van der Waals surface area contributed by atoms with Crippen LogP contribution in [0.1, 0.15) is 22.6 Å². The summed E-state index contributed by atoms with van der Waals surface area (Å²) in [5, 5.41) is 16.1. The Morgan fingerprint density at radius 2 is 1.55 bits per heavy atom. The number of ether oxygens (including phenoxy) is 1. The van der Waals surface area contributed by atoms with Crippen LogP contribution >= 0.6 is 0 Å². The van der Waals surface area contributed by atoms with E-state index in [4.69, 9.17) is 4.74 Å². The normalized spacial score (nSPS) is 12.3. The van der Waals surface area contributed by atoms with Gasteiger partial charge in [-0.1, -0.05) is 71.9 Å². The van der Waals surface area contributed by atoms with E-state index in [0.717, 1.165) is 11.1 Å². The summed E-state index contributed by atoms with van der Waals surface area (Å²) in [4.78, 5) is 24.9. The molecule has 186 valence electrons. The first-order valence-corrected chi connectivity index (χ1v) is 12.2. The smallest absolute Gasteiger partial charge is 0.411 e. The number of aromatic nitrogens is 3. The Morgan fingerprint density at radius 1 is 0.842 bits per heavy atom. The number of benzene rings is 4. The van der Waals surface area contributed by atoms with Crippen LogP contribution in [0.15, 0.2) is 97.1 Å². The highest BCUT2D eigenvalue weighted by atomic mass is 16.5. The zero-order chi connectivity index (χ0) is 25.9. The van der Waals surface area contributed by atoms with Crippen molar-refractivity contribution in [1.82, 2.24) is 15.4 Å². The molecule has 1 aromatic heterocycles. The second-order valence-electron chi connectivity index (χ2n) is 8.91. The number of H-pyrrole nitrogens is 1. The Bertz CT molecular complexity index is 1630. The molecule has 0 saturated carbocycles. The molecule has 8 nitrogen and oxygen atoms in total. The van der Waals surface area contributed by atoms with Crippen molar-refractivity contribution in [2.24, 2.45) is 0 Å². The molecule has 0 bridgehead atoms. The molecule has 5 aromatic rings. The summed E-state index contributed by atoms with van der Waals surface area (Å²) in [5.41, 5.74) is 8.02. The molecule has 0 saturated heterocycles. The monoisotopic (exact) mass is 501 g/mol. The number of aromatic amines is 1. The predicted octanol–water partition coefficient (Wildman–Crippen LogP) is 5.97. The average molecular weight is 502 g/mol. The van der Waals surface area contributed by atoms with Crippen LogP contribution in [-0.4, -0.2) is 34.0 Å². The third kappa shape index (κ3) is 4.62. The maximum atomic E-state index is 12.5. The van der Waals surface area contributed by atoms with Gasteiger partial charge in [0.15, 0.2) is 0 Å². The Morgan fingerprint density at radius 3 is 2.29 bits per heavy atom. The minimum atomic E-state index is -0.517. The lowest BCUT2D eigenvalue weighted by Crippen LogP contribution is -2.17. The summed E-state index contributed by atoms with van der Waals surface area (Å²) in [6.07, 6.45) is 2.61. The van der Waals surface area contributed by atoms with Gasteiger partial charge in [-0.15, -0.1) is 5.10 Å². The van der Waals surface area contributed by atoms with E-state index in [1.165, 1.54) is 28.3 Å².